The van der Waals surface area contributed by atoms with Crippen LogP contribution in [0.2, 0.25) is 0 Å². The zero-order chi connectivity index (χ0) is 20.9. The highest BCUT2D eigenvalue weighted by Gasteiger charge is 2.66. The number of carbonyl (C=O) groups is 4. The maximum atomic E-state index is 12.8. The van der Waals surface area contributed by atoms with Gasteiger partial charge in [-0.25, -0.2) is 0 Å². The first-order chi connectivity index (χ1) is 13.8. The molecule has 2 bridgehead atoms. The predicted octanol–water partition coefficient (Wildman–Crippen LogP) is 3.34. The van der Waals surface area contributed by atoms with Crippen LogP contribution in [0.5, 0.6) is 0 Å². The summed E-state index contributed by atoms with van der Waals surface area (Å²) in [4.78, 5) is 51.3. The Morgan fingerprint density at radius 2 is 1.55 bits per heavy atom. The minimum absolute atomic E-state index is 0.00464. The van der Waals surface area contributed by atoms with Gasteiger partial charge in [0.25, 0.3) is 0 Å². The molecule has 1 heterocycles. The van der Waals surface area contributed by atoms with Crippen molar-refractivity contribution in [3.05, 3.63) is 34.3 Å². The van der Waals surface area contributed by atoms with E-state index in [0.29, 0.717) is 5.56 Å². The summed E-state index contributed by atoms with van der Waals surface area (Å²) in [6.45, 7) is -0.371. The summed E-state index contributed by atoms with van der Waals surface area (Å²) >= 11 is 10.6. The number of hydrogen-bond donors (Lipinski definition) is 0. The molecule has 154 valence electrons. The van der Waals surface area contributed by atoms with Crippen molar-refractivity contribution in [2.24, 2.45) is 23.7 Å². The van der Waals surface area contributed by atoms with Crippen LogP contribution in [0.15, 0.2) is 28.7 Å². The summed E-state index contributed by atoms with van der Waals surface area (Å²) in [5, 5.41) is 0. The van der Waals surface area contributed by atoms with Crippen LogP contribution in [-0.4, -0.2) is 51.3 Å². The molecule has 0 unspecified atom stereocenters. The lowest BCUT2D eigenvalue weighted by Crippen LogP contribution is -2.37. The Balaban J connectivity index is 1.30. The fourth-order valence-electron chi connectivity index (χ4n) is 4.77. The number of carbonyl (C=O) groups excluding carboxylic acids is 4. The van der Waals surface area contributed by atoms with Crippen LogP contribution in [0.25, 0.3) is 0 Å². The van der Waals surface area contributed by atoms with Gasteiger partial charge in [0, 0.05) is 26.2 Å². The summed E-state index contributed by atoms with van der Waals surface area (Å²) in [6.07, 6.45) is 0.752. The molecule has 0 aromatic heterocycles. The quantitative estimate of drug-likeness (QED) is 0.219. The third-order valence-electron chi connectivity index (χ3n) is 6.15. The number of rotatable bonds is 6. The minimum atomic E-state index is -0.604. The average Bonchev–Trinajstić information content (AvgIpc) is 3.30. The predicted molar refractivity (Wildman–Crippen MR) is 115 cm³/mol. The highest BCUT2D eigenvalue weighted by atomic mass is 79.9. The molecule has 1 aromatic rings. The number of alkyl halides is 2. The molecule has 9 heteroatoms. The fraction of sp³-hybridized carbons (Fsp3) is 0.500. The van der Waals surface area contributed by atoms with Crippen molar-refractivity contribution >= 4 is 71.4 Å². The maximum Gasteiger partial charge on any atom is 0.308 e. The standard InChI is InChI=1S/C20H18Br3NO5/c21-10-3-1-9(2-4-10)13(25)8-29-14(26)5-6-24-19(27)15-11-7-12(16(15)20(24)28)18(23)17(11)22/h1-4,11-12,15-18H,5-8H2/t11-,12-,15-,16+,17+,18+/m1/s1. The molecule has 2 aliphatic carbocycles. The first kappa shape index (κ1) is 21.2. The summed E-state index contributed by atoms with van der Waals surface area (Å²) in [5.74, 6) is -1.58. The minimum Gasteiger partial charge on any atom is -0.457 e. The van der Waals surface area contributed by atoms with Crippen molar-refractivity contribution in [3.63, 3.8) is 0 Å². The van der Waals surface area contributed by atoms with Gasteiger partial charge in [-0.05, 0) is 30.4 Å². The van der Waals surface area contributed by atoms with E-state index in [0.717, 1.165) is 10.9 Å². The van der Waals surface area contributed by atoms with Gasteiger partial charge < -0.3 is 4.74 Å². The van der Waals surface area contributed by atoms with E-state index in [1.807, 2.05) is 0 Å². The number of halogens is 3. The van der Waals surface area contributed by atoms with E-state index in [4.69, 9.17) is 4.74 Å². The number of ether oxygens (including phenoxy) is 1. The number of hydrogen-bond acceptors (Lipinski definition) is 5. The van der Waals surface area contributed by atoms with E-state index in [2.05, 4.69) is 47.8 Å². The molecule has 0 N–H and O–H groups in total. The molecular weight excluding hydrogens is 574 g/mol. The lowest BCUT2D eigenvalue weighted by atomic mass is 9.81. The Morgan fingerprint density at radius 3 is 2.10 bits per heavy atom. The van der Waals surface area contributed by atoms with Gasteiger partial charge in [0.05, 0.1) is 18.3 Å². The van der Waals surface area contributed by atoms with E-state index in [-0.39, 0.29) is 70.5 Å². The van der Waals surface area contributed by atoms with E-state index in [1.54, 1.807) is 24.3 Å². The monoisotopic (exact) mass is 589 g/mol. The molecule has 29 heavy (non-hydrogen) atoms. The smallest absolute Gasteiger partial charge is 0.308 e. The molecule has 1 aliphatic heterocycles. The van der Waals surface area contributed by atoms with E-state index >= 15 is 0 Å². The fourth-order valence-corrected chi connectivity index (χ4v) is 6.91. The van der Waals surface area contributed by atoms with Crippen LogP contribution in [0.4, 0.5) is 0 Å². The Bertz CT molecular complexity index is 841. The normalized spacial score (nSPS) is 32.6. The van der Waals surface area contributed by atoms with Gasteiger partial charge in [-0.1, -0.05) is 59.9 Å². The molecule has 3 aliphatic rings. The molecule has 2 saturated carbocycles. The van der Waals surface area contributed by atoms with Gasteiger partial charge in [-0.3, -0.25) is 24.1 Å². The molecule has 0 radical (unpaired) electrons. The summed E-state index contributed by atoms with van der Waals surface area (Å²) in [6, 6.07) is 6.75. The van der Waals surface area contributed by atoms with E-state index in [1.165, 1.54) is 4.90 Å². The molecule has 2 amide bonds. The molecular formula is C20H18Br3NO5. The summed E-state index contributed by atoms with van der Waals surface area (Å²) in [7, 11) is 0. The van der Waals surface area contributed by atoms with Crippen molar-refractivity contribution in [1.29, 1.82) is 0 Å². The maximum absolute atomic E-state index is 12.8. The Labute approximate surface area is 193 Å². The Hall–Kier alpha value is -1.06. The van der Waals surface area contributed by atoms with Crippen molar-refractivity contribution in [1.82, 2.24) is 4.90 Å². The molecule has 0 spiro atoms. The number of imide groups is 1. The van der Waals surface area contributed by atoms with Gasteiger partial charge in [-0.2, -0.15) is 0 Å². The number of likely N-dealkylation sites (tertiary alicyclic amines) is 1. The van der Waals surface area contributed by atoms with Crippen LogP contribution in [0, 0.1) is 23.7 Å². The first-order valence-electron chi connectivity index (χ1n) is 9.37. The summed E-state index contributed by atoms with van der Waals surface area (Å²) < 4.78 is 5.89. The zero-order valence-corrected chi connectivity index (χ0v) is 20.0. The van der Waals surface area contributed by atoms with Gasteiger partial charge in [-0.15, -0.1) is 0 Å². The Kier molecular flexibility index (Phi) is 6.01. The first-order valence-corrected chi connectivity index (χ1v) is 12.0. The van der Waals surface area contributed by atoms with Crippen LogP contribution in [0.1, 0.15) is 23.2 Å². The zero-order valence-electron chi connectivity index (χ0n) is 15.2. The molecule has 3 fully saturated rings. The van der Waals surface area contributed by atoms with Crippen LogP contribution >= 0.6 is 47.8 Å². The molecule has 6 nitrogen and oxygen atoms in total. The molecule has 6 atom stereocenters. The number of ketones is 1. The van der Waals surface area contributed by atoms with Gasteiger partial charge in [0.1, 0.15) is 0 Å². The highest BCUT2D eigenvalue weighted by molar-refractivity contribution is 9.12. The number of fused-ring (bicyclic) bond motifs is 5. The third kappa shape index (κ3) is 3.74. The molecule has 1 saturated heterocycles. The van der Waals surface area contributed by atoms with Crippen LogP contribution in [-0.2, 0) is 19.1 Å². The summed E-state index contributed by atoms with van der Waals surface area (Å²) in [5.41, 5.74) is 0.447. The van der Waals surface area contributed by atoms with Gasteiger partial charge in [0.15, 0.2) is 12.4 Å². The van der Waals surface area contributed by atoms with Crippen molar-refractivity contribution in [2.45, 2.75) is 22.5 Å². The SMILES string of the molecule is O=C(CCN1C(=O)[C@@H]2[C@H]3C[C@@H]([C@H](Br)[C@H]3Br)[C@@H]2C1=O)OCC(=O)c1ccc(Br)cc1. The Morgan fingerprint density at radius 1 is 1.00 bits per heavy atom. The second kappa shape index (κ2) is 8.23. The second-order valence-corrected chi connectivity index (χ2v) is 10.7. The number of esters is 1. The largest absolute Gasteiger partial charge is 0.457 e. The van der Waals surface area contributed by atoms with Gasteiger partial charge in [0.2, 0.25) is 11.8 Å². The van der Waals surface area contributed by atoms with Crippen LogP contribution < -0.4 is 0 Å². The average molecular weight is 592 g/mol. The second-order valence-electron chi connectivity index (χ2n) is 7.67. The number of nitrogens with zero attached hydrogens (tertiary/aromatic N) is 1. The van der Waals surface area contributed by atoms with E-state index < -0.39 is 5.97 Å². The van der Waals surface area contributed by atoms with Crippen molar-refractivity contribution < 1.29 is 23.9 Å². The van der Waals surface area contributed by atoms with Crippen LogP contribution in [0.3, 0.4) is 0 Å². The number of Topliss-reactive ketones (excluding diaryl/α,β-unsaturated/α-hetero) is 1. The van der Waals surface area contributed by atoms with E-state index in [9.17, 15) is 19.2 Å². The third-order valence-corrected chi connectivity index (χ3v) is 9.88. The molecule has 4 rings (SSSR count). The number of benzene rings is 1. The lowest BCUT2D eigenvalue weighted by molar-refractivity contribution is -0.145. The highest BCUT2D eigenvalue weighted by Crippen LogP contribution is 2.60. The van der Waals surface area contributed by atoms with Gasteiger partial charge >= 0.3 is 5.97 Å². The number of amides is 2. The van der Waals surface area contributed by atoms with Crippen molar-refractivity contribution in [3.8, 4) is 0 Å². The molecule has 1 aromatic carbocycles. The topological polar surface area (TPSA) is 80.8 Å². The lowest BCUT2D eigenvalue weighted by Gasteiger charge is -2.28. The van der Waals surface area contributed by atoms with Crippen molar-refractivity contribution in [2.75, 3.05) is 13.2 Å².